The number of fused-ring (bicyclic) bond motifs is 2. The Morgan fingerprint density at radius 2 is 1.04 bits per heavy atom. The van der Waals surface area contributed by atoms with Crippen LogP contribution in [0.3, 0.4) is 0 Å². The molecule has 0 saturated carbocycles. The molecule has 454 valence electrons. The first-order valence-corrected chi connectivity index (χ1v) is 32.2. The van der Waals surface area contributed by atoms with Gasteiger partial charge in [0, 0.05) is 84.6 Å². The van der Waals surface area contributed by atoms with Crippen molar-refractivity contribution < 1.29 is 50.0 Å². The predicted octanol–water partition coefficient (Wildman–Crippen LogP) is 7.98. The lowest BCUT2D eigenvalue weighted by atomic mass is 9.85. The Morgan fingerprint density at radius 3 is 1.54 bits per heavy atom. The number of methoxy groups -OCH3 is 1. The molecule has 1 N–H and O–H groups in total. The van der Waals surface area contributed by atoms with Crippen LogP contribution in [0.15, 0.2) is 95.0 Å². The number of likely N-dealkylation sites (N-methyl/N-ethyl adjacent to an activating group) is 2. The van der Waals surface area contributed by atoms with Crippen molar-refractivity contribution in [3.8, 4) is 0 Å². The van der Waals surface area contributed by atoms with Gasteiger partial charge in [-0.05, 0) is 109 Å². The summed E-state index contributed by atoms with van der Waals surface area (Å²) in [6, 6.07) is 21.6. The number of nitrogens with zero attached hydrogens (tertiary/aromatic N) is 8. The summed E-state index contributed by atoms with van der Waals surface area (Å²) in [5.74, 6) is -0.0662. The standard InChI is InChI=1S/C29H38Cl2N4O5S.C28H37Cl2N5O6S/c1-3-24-19-35(33-32-24)8-10-39-12-14-40-13-11-38-9-5-15-41(36,37)25-7-4-6-22(16-25)27-20-34(2)21-28-26(27)17-23(30)18-29(28)31;1-34-18-26(25-15-22(29)16-28(30)27(25)19-34)21-4-3-5-24(14-21)42(36,37)31-6-8-39-10-12-41-13-11-40-9-7-35-17-23(20-38-2)32-33-35/h4,6-7,16-19,27H,3,5,8-15,20-21H2,1-2H3;3-5,14-17,26,31H,6-13,18-20H2,1-2H3. The van der Waals surface area contributed by atoms with Crippen molar-refractivity contribution in [2.24, 2.45) is 0 Å². The molecule has 4 heterocycles. The van der Waals surface area contributed by atoms with Gasteiger partial charge in [0.2, 0.25) is 10.0 Å². The highest BCUT2D eigenvalue weighted by molar-refractivity contribution is 7.91. The Hall–Kier alpha value is -4.18. The number of sulfonamides is 1. The topological polar surface area (TPSA) is 213 Å². The predicted molar refractivity (Wildman–Crippen MR) is 319 cm³/mol. The van der Waals surface area contributed by atoms with E-state index in [-0.39, 0.29) is 35.6 Å². The van der Waals surface area contributed by atoms with Gasteiger partial charge in [-0.1, -0.05) is 88.0 Å². The van der Waals surface area contributed by atoms with Crippen LogP contribution in [0.4, 0.5) is 0 Å². The van der Waals surface area contributed by atoms with Gasteiger partial charge < -0.3 is 43.0 Å². The van der Waals surface area contributed by atoms with Gasteiger partial charge in [-0.3, -0.25) is 0 Å². The highest BCUT2D eigenvalue weighted by Gasteiger charge is 2.30. The van der Waals surface area contributed by atoms with Crippen molar-refractivity contribution in [1.29, 1.82) is 0 Å². The summed E-state index contributed by atoms with van der Waals surface area (Å²) in [6.45, 7) is 11.7. The van der Waals surface area contributed by atoms with Gasteiger partial charge in [0.1, 0.15) is 5.69 Å². The van der Waals surface area contributed by atoms with Crippen LogP contribution >= 0.6 is 46.4 Å². The third kappa shape index (κ3) is 20.8. The summed E-state index contributed by atoms with van der Waals surface area (Å²) in [7, 11) is -1.52. The lowest BCUT2D eigenvalue weighted by Gasteiger charge is -2.33. The largest absolute Gasteiger partial charge is 0.379 e. The van der Waals surface area contributed by atoms with E-state index in [1.807, 2.05) is 57.7 Å². The van der Waals surface area contributed by atoms with E-state index in [1.165, 1.54) is 0 Å². The molecule has 0 spiro atoms. The lowest BCUT2D eigenvalue weighted by molar-refractivity contribution is 0.0129. The smallest absolute Gasteiger partial charge is 0.240 e. The van der Waals surface area contributed by atoms with Gasteiger partial charge in [0.05, 0.1) is 120 Å². The van der Waals surface area contributed by atoms with Crippen molar-refractivity contribution in [3.63, 3.8) is 0 Å². The quantitative estimate of drug-likeness (QED) is 0.0387. The number of nitrogens with one attached hydrogen (secondary N) is 1. The number of aromatic nitrogens is 6. The van der Waals surface area contributed by atoms with Crippen molar-refractivity contribution in [3.05, 3.63) is 150 Å². The Labute approximate surface area is 507 Å². The van der Waals surface area contributed by atoms with E-state index in [1.54, 1.807) is 65.0 Å². The van der Waals surface area contributed by atoms with Gasteiger partial charge in [-0.25, -0.2) is 30.9 Å². The zero-order valence-electron chi connectivity index (χ0n) is 47.4. The molecule has 2 atom stereocenters. The Kier molecular flexibility index (Phi) is 26.9. The maximum absolute atomic E-state index is 13.1. The fraction of sp³-hybridized carbons (Fsp3) is 0.509. The summed E-state index contributed by atoms with van der Waals surface area (Å²) >= 11 is 25.6. The molecule has 8 rings (SSSR count). The molecule has 6 aromatic rings. The van der Waals surface area contributed by atoms with Crippen LogP contribution in [-0.2, 0) is 92.2 Å². The van der Waals surface area contributed by atoms with E-state index in [0.717, 1.165) is 70.8 Å². The summed E-state index contributed by atoms with van der Waals surface area (Å²) in [4.78, 5) is 4.87. The number of hydrogen-bond donors (Lipinski definition) is 1. The molecule has 0 amide bonds. The molecule has 0 saturated heterocycles. The summed E-state index contributed by atoms with van der Waals surface area (Å²) in [6.07, 6.45) is 5.00. The monoisotopic (exact) mass is 1270 g/mol. The molecule has 2 unspecified atom stereocenters. The van der Waals surface area contributed by atoms with Gasteiger partial charge in [-0.15, -0.1) is 10.2 Å². The minimum absolute atomic E-state index is 0.00941. The van der Waals surface area contributed by atoms with E-state index in [4.69, 9.17) is 79.6 Å². The number of rotatable bonds is 33. The molecule has 0 bridgehead atoms. The van der Waals surface area contributed by atoms with Gasteiger partial charge >= 0.3 is 0 Å². The molecular weight excluding hydrogens is 1190 g/mol. The van der Waals surface area contributed by atoms with Crippen molar-refractivity contribution in [1.82, 2.24) is 44.5 Å². The average molecular weight is 1270 g/mol. The first-order chi connectivity index (χ1) is 40.0. The maximum Gasteiger partial charge on any atom is 0.240 e. The van der Waals surface area contributed by atoms with Crippen LogP contribution in [-0.4, -0.2) is 182 Å². The highest BCUT2D eigenvalue weighted by atomic mass is 35.5. The molecule has 0 radical (unpaired) electrons. The summed E-state index contributed by atoms with van der Waals surface area (Å²) in [5, 5.41) is 18.5. The fourth-order valence-corrected chi connectivity index (χ4v) is 13.1. The minimum Gasteiger partial charge on any atom is -0.379 e. The number of hydrogen-bond acceptors (Lipinski definition) is 17. The van der Waals surface area contributed by atoms with Crippen LogP contribution in [0.25, 0.3) is 0 Å². The lowest BCUT2D eigenvalue weighted by Crippen LogP contribution is -2.31. The molecule has 2 aromatic heterocycles. The van der Waals surface area contributed by atoms with Crippen LogP contribution < -0.4 is 4.72 Å². The van der Waals surface area contributed by atoms with Gasteiger partial charge in [0.15, 0.2) is 9.84 Å². The third-order valence-electron chi connectivity index (χ3n) is 13.7. The average Bonchev–Trinajstić information content (AvgIpc) is 4.27. The summed E-state index contributed by atoms with van der Waals surface area (Å²) < 4.78 is 96.5. The van der Waals surface area contributed by atoms with Gasteiger partial charge in [-0.2, -0.15) is 0 Å². The maximum atomic E-state index is 13.1. The number of sulfone groups is 1. The Bertz CT molecular complexity index is 3210. The highest BCUT2D eigenvalue weighted by Crippen LogP contribution is 2.40. The molecule has 2 aliphatic rings. The number of ether oxygens (including phenoxy) is 7. The second-order valence-electron chi connectivity index (χ2n) is 20.0. The van der Waals surface area contributed by atoms with Crippen molar-refractivity contribution in [2.75, 3.05) is 126 Å². The molecular formula is C57H75Cl4N9O11S2. The normalized spacial score (nSPS) is 15.7. The second-order valence-corrected chi connectivity index (χ2v) is 25.6. The van der Waals surface area contributed by atoms with E-state index in [0.29, 0.717) is 130 Å². The zero-order chi connectivity index (χ0) is 59.2. The number of halogens is 4. The van der Waals surface area contributed by atoms with E-state index in [9.17, 15) is 16.8 Å². The second kappa shape index (κ2) is 33.7. The molecule has 26 heteroatoms. The Morgan fingerprint density at radius 1 is 0.578 bits per heavy atom. The van der Waals surface area contributed by atoms with Crippen LogP contribution in [0.2, 0.25) is 20.1 Å². The molecule has 0 aliphatic carbocycles. The molecule has 2 aliphatic heterocycles. The van der Waals surface area contributed by atoms with Crippen molar-refractivity contribution in [2.45, 2.75) is 74.2 Å². The van der Waals surface area contributed by atoms with E-state index in [2.05, 4.69) is 35.1 Å². The Balaban J connectivity index is 0.000000239. The summed E-state index contributed by atoms with van der Waals surface area (Å²) in [5.41, 5.74) is 7.68. The van der Waals surface area contributed by atoms with Crippen LogP contribution in [0.1, 0.15) is 69.9 Å². The molecule has 0 fully saturated rings. The first-order valence-electron chi connectivity index (χ1n) is 27.5. The van der Waals surface area contributed by atoms with Crippen LogP contribution in [0.5, 0.6) is 0 Å². The van der Waals surface area contributed by atoms with E-state index < -0.39 is 19.9 Å². The minimum atomic E-state index is -3.72. The number of aryl methyl sites for hydroxylation is 1. The van der Waals surface area contributed by atoms with Crippen LogP contribution in [0, 0.1) is 0 Å². The fourth-order valence-electron chi connectivity index (χ4n) is 9.56. The van der Waals surface area contributed by atoms with E-state index >= 15 is 0 Å². The zero-order valence-corrected chi connectivity index (χ0v) is 52.1. The van der Waals surface area contributed by atoms with Gasteiger partial charge in [0.25, 0.3) is 0 Å². The third-order valence-corrected chi connectivity index (χ3v) is 18.0. The number of benzene rings is 4. The SMILES string of the molecule is CCc1cn(CCOCCOCCOCCCS(=O)(=O)c2cccc(C3CN(C)Cc4c(Cl)cc(Cl)cc43)c2)nn1.COCc1cn(CCOCCOCCOCCNS(=O)(=O)c2cccc(C3CN(C)Cc4c(Cl)cc(Cl)cc43)c2)nn1. The molecule has 20 nitrogen and oxygen atoms in total. The van der Waals surface area contributed by atoms with Crippen molar-refractivity contribution >= 4 is 66.3 Å². The molecule has 83 heavy (non-hydrogen) atoms. The molecule has 4 aromatic carbocycles. The first kappa shape index (κ1) is 66.3.